The number of rotatable bonds is 2. The highest BCUT2D eigenvalue weighted by Crippen LogP contribution is 2.60. The fourth-order valence-corrected chi connectivity index (χ4v) is 6.16. The van der Waals surface area contributed by atoms with Crippen molar-refractivity contribution in [3.8, 4) is 5.75 Å². The molecule has 0 saturated carbocycles. The Morgan fingerprint density at radius 2 is 1.87 bits per heavy atom. The van der Waals surface area contributed by atoms with Gasteiger partial charge in [0.05, 0.1) is 24.6 Å². The number of methoxy groups -OCH3 is 1. The largest absolute Gasteiger partial charge is 0.497 e. The maximum Gasteiger partial charge on any atom is 0.250 e. The first-order valence-electron chi connectivity index (χ1n) is 10.4. The predicted octanol–water partition coefficient (Wildman–Crippen LogP) is 2.27. The maximum atomic E-state index is 14.3. The standard InChI is InChI=1S/C23H20FN3O4/c1-31-14-7-5-13(6-8-14)27-20(28)18-17-3-2-10-26(17)23(19(18)21(27)29)15-11-12(24)4-9-16(15)25-22(23)30/h4-9,11,17-19H,2-3,10H2,1H3,(H,25,30)/t17-,18+,19+,23-/m0/s1. The Hall–Kier alpha value is -3.26. The molecule has 0 aromatic heterocycles. The van der Waals surface area contributed by atoms with Gasteiger partial charge in [0.15, 0.2) is 0 Å². The van der Waals surface area contributed by atoms with Crippen molar-refractivity contribution in [3.63, 3.8) is 0 Å². The molecule has 2 aromatic carbocycles. The summed E-state index contributed by atoms with van der Waals surface area (Å²) in [6, 6.07) is 10.6. The highest BCUT2D eigenvalue weighted by atomic mass is 19.1. The number of hydrogen-bond donors (Lipinski definition) is 1. The highest BCUT2D eigenvalue weighted by molar-refractivity contribution is 6.25. The number of nitrogens with zero attached hydrogens (tertiary/aromatic N) is 2. The SMILES string of the molecule is COc1ccc(N2C(=O)[C@@H]3[C@@H]4CCCN4[C@]4(C(=O)Nc5ccc(F)cc54)[C@H]3C2=O)cc1. The molecule has 158 valence electrons. The van der Waals surface area contributed by atoms with Crippen LogP contribution in [0.25, 0.3) is 0 Å². The molecule has 4 aliphatic rings. The van der Waals surface area contributed by atoms with E-state index >= 15 is 0 Å². The molecule has 0 unspecified atom stereocenters. The van der Waals surface area contributed by atoms with Crippen LogP contribution in [0.2, 0.25) is 0 Å². The Bertz CT molecular complexity index is 1150. The smallest absolute Gasteiger partial charge is 0.250 e. The van der Waals surface area contributed by atoms with Crippen LogP contribution >= 0.6 is 0 Å². The third kappa shape index (κ3) is 2.13. The zero-order valence-corrected chi connectivity index (χ0v) is 16.8. The summed E-state index contributed by atoms with van der Waals surface area (Å²) < 4.78 is 19.4. The van der Waals surface area contributed by atoms with Gasteiger partial charge in [-0.25, -0.2) is 9.29 Å². The minimum Gasteiger partial charge on any atom is -0.497 e. The van der Waals surface area contributed by atoms with E-state index in [9.17, 15) is 18.8 Å². The minimum atomic E-state index is -1.36. The van der Waals surface area contributed by atoms with Crippen LogP contribution < -0.4 is 15.0 Å². The van der Waals surface area contributed by atoms with Crippen LogP contribution in [0.5, 0.6) is 5.75 Å². The van der Waals surface area contributed by atoms with Gasteiger partial charge >= 0.3 is 0 Å². The number of halogens is 1. The molecular weight excluding hydrogens is 401 g/mol. The minimum absolute atomic E-state index is 0.232. The first-order chi connectivity index (χ1) is 15.0. The first kappa shape index (κ1) is 18.5. The first-order valence-corrected chi connectivity index (χ1v) is 10.4. The molecule has 2 aromatic rings. The number of benzene rings is 2. The van der Waals surface area contributed by atoms with Crippen molar-refractivity contribution in [2.24, 2.45) is 11.8 Å². The van der Waals surface area contributed by atoms with Crippen LogP contribution in [0.3, 0.4) is 0 Å². The highest BCUT2D eigenvalue weighted by Gasteiger charge is 2.74. The Balaban J connectivity index is 1.53. The molecule has 6 rings (SSSR count). The molecule has 8 heteroatoms. The summed E-state index contributed by atoms with van der Waals surface area (Å²) >= 11 is 0. The molecule has 7 nitrogen and oxygen atoms in total. The molecule has 0 aliphatic carbocycles. The van der Waals surface area contributed by atoms with Gasteiger partial charge in [-0.15, -0.1) is 0 Å². The van der Waals surface area contributed by atoms with Crippen LogP contribution in [0, 0.1) is 17.7 Å². The molecule has 3 fully saturated rings. The molecule has 4 heterocycles. The lowest BCUT2D eigenvalue weighted by Crippen LogP contribution is -2.54. The molecule has 3 amide bonds. The molecule has 3 saturated heterocycles. The summed E-state index contributed by atoms with van der Waals surface area (Å²) in [7, 11) is 1.54. The second-order valence-electron chi connectivity index (χ2n) is 8.53. The van der Waals surface area contributed by atoms with Crippen LogP contribution in [-0.4, -0.2) is 42.3 Å². The van der Waals surface area contributed by atoms with Gasteiger partial charge in [-0.1, -0.05) is 0 Å². The topological polar surface area (TPSA) is 79.0 Å². The van der Waals surface area contributed by atoms with Gasteiger partial charge in [0.25, 0.3) is 0 Å². The molecular formula is C23H20FN3O4. The number of carbonyl (C=O) groups is 3. The van der Waals surface area contributed by atoms with E-state index in [0.717, 1.165) is 12.8 Å². The lowest BCUT2D eigenvalue weighted by atomic mass is 9.75. The number of fused-ring (bicyclic) bond motifs is 7. The van der Waals surface area contributed by atoms with E-state index in [1.165, 1.54) is 23.1 Å². The summed E-state index contributed by atoms with van der Waals surface area (Å²) in [5, 5.41) is 2.84. The molecule has 4 atom stereocenters. The summed E-state index contributed by atoms with van der Waals surface area (Å²) in [5.41, 5.74) is 0.0373. The molecule has 1 N–H and O–H groups in total. The number of carbonyl (C=O) groups excluding carboxylic acids is 3. The number of imide groups is 1. The number of amides is 3. The Labute approximate surface area is 177 Å². The van der Waals surface area contributed by atoms with Gasteiger partial charge in [-0.3, -0.25) is 19.3 Å². The molecule has 0 bridgehead atoms. The Morgan fingerprint density at radius 3 is 2.61 bits per heavy atom. The summed E-state index contributed by atoms with van der Waals surface area (Å²) in [5.74, 6) is -2.47. The summed E-state index contributed by atoms with van der Waals surface area (Å²) in [4.78, 5) is 43.9. The average Bonchev–Trinajstić information content (AvgIpc) is 3.47. The van der Waals surface area contributed by atoms with E-state index in [-0.39, 0.29) is 17.9 Å². The van der Waals surface area contributed by atoms with Gasteiger partial charge in [0.1, 0.15) is 17.1 Å². The fourth-order valence-electron chi connectivity index (χ4n) is 6.16. The van der Waals surface area contributed by atoms with E-state index in [1.807, 2.05) is 4.90 Å². The van der Waals surface area contributed by atoms with Gasteiger partial charge in [-0.05, 0) is 61.9 Å². The fraction of sp³-hybridized carbons (Fsp3) is 0.348. The molecule has 1 spiro atoms. The van der Waals surface area contributed by atoms with Crippen LogP contribution in [0.15, 0.2) is 42.5 Å². The van der Waals surface area contributed by atoms with E-state index in [4.69, 9.17) is 4.74 Å². The number of ether oxygens (including phenoxy) is 1. The zero-order valence-electron chi connectivity index (χ0n) is 16.8. The van der Waals surface area contributed by atoms with Crippen molar-refractivity contribution in [1.29, 1.82) is 0 Å². The monoisotopic (exact) mass is 421 g/mol. The van der Waals surface area contributed by atoms with E-state index in [1.54, 1.807) is 31.4 Å². The van der Waals surface area contributed by atoms with Crippen molar-refractivity contribution in [1.82, 2.24) is 4.90 Å². The lowest BCUT2D eigenvalue weighted by Gasteiger charge is -2.36. The summed E-state index contributed by atoms with van der Waals surface area (Å²) in [6.45, 7) is 0.587. The number of anilines is 2. The lowest BCUT2D eigenvalue weighted by molar-refractivity contribution is -0.135. The van der Waals surface area contributed by atoms with Gasteiger partial charge in [0, 0.05) is 17.3 Å². The normalized spacial score (nSPS) is 31.2. The molecule has 0 radical (unpaired) electrons. The van der Waals surface area contributed by atoms with E-state index in [0.29, 0.717) is 29.2 Å². The number of nitrogens with one attached hydrogen (secondary N) is 1. The maximum absolute atomic E-state index is 14.3. The zero-order chi connectivity index (χ0) is 21.5. The van der Waals surface area contributed by atoms with E-state index in [2.05, 4.69) is 5.32 Å². The van der Waals surface area contributed by atoms with Crippen LogP contribution in [0.4, 0.5) is 15.8 Å². The number of hydrogen-bond acceptors (Lipinski definition) is 5. The van der Waals surface area contributed by atoms with Crippen molar-refractivity contribution < 1.29 is 23.5 Å². The molecule has 4 aliphatic heterocycles. The second-order valence-corrected chi connectivity index (χ2v) is 8.53. The Morgan fingerprint density at radius 1 is 1.10 bits per heavy atom. The third-order valence-electron chi connectivity index (χ3n) is 7.29. The van der Waals surface area contributed by atoms with E-state index < -0.39 is 29.1 Å². The van der Waals surface area contributed by atoms with Gasteiger partial charge in [-0.2, -0.15) is 0 Å². The van der Waals surface area contributed by atoms with Crippen LogP contribution in [-0.2, 0) is 19.9 Å². The van der Waals surface area contributed by atoms with Gasteiger partial charge in [0.2, 0.25) is 17.7 Å². The van der Waals surface area contributed by atoms with Crippen LogP contribution in [0.1, 0.15) is 18.4 Å². The van der Waals surface area contributed by atoms with Crippen molar-refractivity contribution in [3.05, 3.63) is 53.8 Å². The Kier molecular flexibility index (Phi) is 3.66. The predicted molar refractivity (Wildman–Crippen MR) is 109 cm³/mol. The average molecular weight is 421 g/mol. The third-order valence-corrected chi connectivity index (χ3v) is 7.29. The quantitative estimate of drug-likeness (QED) is 0.753. The van der Waals surface area contributed by atoms with Crippen molar-refractivity contribution in [2.75, 3.05) is 23.9 Å². The second kappa shape index (κ2) is 6.13. The summed E-state index contributed by atoms with van der Waals surface area (Å²) in [6.07, 6.45) is 1.54. The van der Waals surface area contributed by atoms with Crippen molar-refractivity contribution in [2.45, 2.75) is 24.4 Å². The molecule has 31 heavy (non-hydrogen) atoms. The van der Waals surface area contributed by atoms with Crippen molar-refractivity contribution >= 4 is 29.1 Å². The van der Waals surface area contributed by atoms with Gasteiger partial charge < -0.3 is 10.1 Å².